The molecule has 94 valence electrons. The number of benzene rings is 1. The molecule has 2 aromatic heterocycles. The van der Waals surface area contributed by atoms with Crippen molar-refractivity contribution in [2.45, 2.75) is 6.61 Å². The second-order valence-corrected chi connectivity index (χ2v) is 4.35. The average molecular weight is 272 g/mol. The summed E-state index contributed by atoms with van der Waals surface area (Å²) in [7, 11) is 0. The Labute approximate surface area is 115 Å². The number of pyridine rings is 1. The summed E-state index contributed by atoms with van der Waals surface area (Å²) in [5, 5.41) is 9.08. The van der Waals surface area contributed by atoms with Crippen LogP contribution in [0.2, 0.25) is 5.15 Å². The zero-order valence-corrected chi connectivity index (χ0v) is 10.7. The summed E-state index contributed by atoms with van der Waals surface area (Å²) in [4.78, 5) is 4.28. The van der Waals surface area contributed by atoms with Crippen molar-refractivity contribution >= 4 is 22.5 Å². The predicted octanol–water partition coefficient (Wildman–Crippen LogP) is 3.26. The van der Waals surface area contributed by atoms with E-state index in [1.165, 1.54) is 0 Å². The van der Waals surface area contributed by atoms with Crippen molar-refractivity contribution in [1.29, 1.82) is 0 Å². The molecule has 2 heterocycles. The van der Waals surface area contributed by atoms with Gasteiger partial charge in [0.05, 0.1) is 5.52 Å². The SMILES string of the molecule is Clc1ccc(COc2cccc3ncccc23)nn1. The number of hydrogen-bond donors (Lipinski definition) is 0. The molecule has 0 bridgehead atoms. The number of fused-ring (bicyclic) bond motifs is 1. The largest absolute Gasteiger partial charge is 0.487 e. The molecule has 0 atom stereocenters. The van der Waals surface area contributed by atoms with E-state index >= 15 is 0 Å². The summed E-state index contributed by atoms with van der Waals surface area (Å²) >= 11 is 5.68. The highest BCUT2D eigenvalue weighted by atomic mass is 35.5. The number of rotatable bonds is 3. The molecule has 0 spiro atoms. The molecule has 19 heavy (non-hydrogen) atoms. The number of nitrogens with zero attached hydrogens (tertiary/aromatic N) is 3. The molecule has 3 rings (SSSR count). The second kappa shape index (κ2) is 5.20. The lowest BCUT2D eigenvalue weighted by molar-refractivity contribution is 0.303. The maximum absolute atomic E-state index is 5.76. The molecule has 4 nitrogen and oxygen atoms in total. The molecular weight excluding hydrogens is 262 g/mol. The van der Waals surface area contributed by atoms with Crippen LogP contribution in [-0.2, 0) is 6.61 Å². The van der Waals surface area contributed by atoms with Crippen molar-refractivity contribution in [3.05, 3.63) is 59.5 Å². The summed E-state index contributed by atoms with van der Waals surface area (Å²) < 4.78 is 5.76. The summed E-state index contributed by atoms with van der Waals surface area (Å²) in [6.45, 7) is 0.345. The predicted molar refractivity (Wildman–Crippen MR) is 73.1 cm³/mol. The molecule has 0 saturated carbocycles. The monoisotopic (exact) mass is 271 g/mol. The first kappa shape index (κ1) is 11.9. The third-order valence-electron chi connectivity index (χ3n) is 2.67. The van der Waals surface area contributed by atoms with E-state index in [2.05, 4.69) is 15.2 Å². The fourth-order valence-corrected chi connectivity index (χ4v) is 1.87. The number of aromatic nitrogens is 3. The quantitative estimate of drug-likeness (QED) is 0.734. The lowest BCUT2D eigenvalue weighted by Gasteiger charge is -2.08. The van der Waals surface area contributed by atoms with E-state index in [4.69, 9.17) is 16.3 Å². The van der Waals surface area contributed by atoms with Gasteiger partial charge in [0.1, 0.15) is 18.1 Å². The van der Waals surface area contributed by atoms with E-state index in [1.807, 2.05) is 30.3 Å². The Hall–Kier alpha value is -2.20. The smallest absolute Gasteiger partial charge is 0.151 e. The average Bonchev–Trinajstić information content (AvgIpc) is 2.47. The van der Waals surface area contributed by atoms with Gasteiger partial charge >= 0.3 is 0 Å². The third kappa shape index (κ3) is 2.63. The molecule has 1 aromatic carbocycles. The van der Waals surface area contributed by atoms with Gasteiger partial charge < -0.3 is 4.74 Å². The Kier molecular flexibility index (Phi) is 3.25. The highest BCUT2D eigenvalue weighted by Gasteiger charge is 2.03. The maximum atomic E-state index is 5.76. The lowest BCUT2D eigenvalue weighted by Crippen LogP contribution is -2.00. The minimum atomic E-state index is 0.345. The molecule has 0 unspecified atom stereocenters. The molecule has 3 aromatic rings. The Balaban J connectivity index is 1.84. The summed E-state index contributed by atoms with van der Waals surface area (Å²) in [6, 6.07) is 13.1. The third-order valence-corrected chi connectivity index (χ3v) is 2.87. The highest BCUT2D eigenvalue weighted by molar-refractivity contribution is 6.29. The van der Waals surface area contributed by atoms with Crippen LogP contribution in [0.1, 0.15) is 5.69 Å². The fourth-order valence-electron chi connectivity index (χ4n) is 1.77. The van der Waals surface area contributed by atoms with Crippen LogP contribution in [0, 0.1) is 0 Å². The van der Waals surface area contributed by atoms with E-state index in [-0.39, 0.29) is 0 Å². The molecule has 0 aliphatic heterocycles. The van der Waals surface area contributed by atoms with Crippen molar-refractivity contribution in [3.63, 3.8) is 0 Å². The van der Waals surface area contributed by atoms with Gasteiger partial charge in [-0.2, -0.15) is 5.10 Å². The standard InChI is InChI=1S/C14H10ClN3O/c15-14-7-6-10(17-18-14)9-19-13-5-1-4-12-11(13)3-2-8-16-12/h1-8H,9H2. The van der Waals surface area contributed by atoms with Gasteiger partial charge in [-0.15, -0.1) is 5.10 Å². The van der Waals surface area contributed by atoms with E-state index in [9.17, 15) is 0 Å². The molecule has 5 heteroatoms. The van der Waals surface area contributed by atoms with Gasteiger partial charge in [-0.25, -0.2) is 0 Å². The summed E-state index contributed by atoms with van der Waals surface area (Å²) in [5.74, 6) is 0.780. The molecule has 0 amide bonds. The topological polar surface area (TPSA) is 47.9 Å². The normalized spacial score (nSPS) is 10.6. The van der Waals surface area contributed by atoms with Crippen LogP contribution in [0.5, 0.6) is 5.75 Å². The number of halogens is 1. The Morgan fingerprint density at radius 2 is 1.95 bits per heavy atom. The first-order valence-electron chi connectivity index (χ1n) is 5.77. The Bertz CT molecular complexity index is 695. The fraction of sp³-hybridized carbons (Fsp3) is 0.0714. The van der Waals surface area contributed by atoms with Crippen LogP contribution < -0.4 is 4.74 Å². The number of ether oxygens (including phenoxy) is 1. The van der Waals surface area contributed by atoms with Gasteiger partial charge in [-0.3, -0.25) is 4.98 Å². The van der Waals surface area contributed by atoms with Crippen molar-refractivity contribution in [2.24, 2.45) is 0 Å². The minimum absolute atomic E-state index is 0.345. The molecule has 0 aliphatic carbocycles. The van der Waals surface area contributed by atoms with Crippen molar-refractivity contribution in [2.75, 3.05) is 0 Å². The van der Waals surface area contributed by atoms with E-state index in [1.54, 1.807) is 18.3 Å². The van der Waals surface area contributed by atoms with Gasteiger partial charge in [0.25, 0.3) is 0 Å². The lowest BCUT2D eigenvalue weighted by atomic mass is 10.2. The first-order chi connectivity index (χ1) is 9.33. The molecule has 0 saturated heterocycles. The van der Waals surface area contributed by atoms with Crippen LogP contribution in [0.25, 0.3) is 10.9 Å². The molecule has 0 N–H and O–H groups in total. The van der Waals surface area contributed by atoms with Crippen LogP contribution in [0.3, 0.4) is 0 Å². The van der Waals surface area contributed by atoms with Gasteiger partial charge in [0.15, 0.2) is 5.15 Å². The van der Waals surface area contributed by atoms with Crippen molar-refractivity contribution in [3.8, 4) is 5.75 Å². The second-order valence-electron chi connectivity index (χ2n) is 3.96. The molecular formula is C14H10ClN3O. The molecule has 0 aliphatic rings. The molecule has 0 fully saturated rings. The van der Waals surface area contributed by atoms with Gasteiger partial charge in [-0.05, 0) is 36.4 Å². The Morgan fingerprint density at radius 1 is 1.00 bits per heavy atom. The van der Waals surface area contributed by atoms with E-state index in [0.29, 0.717) is 11.8 Å². The van der Waals surface area contributed by atoms with Crippen LogP contribution in [0.15, 0.2) is 48.7 Å². The van der Waals surface area contributed by atoms with Crippen LogP contribution in [0.4, 0.5) is 0 Å². The first-order valence-corrected chi connectivity index (χ1v) is 6.15. The zero-order valence-electron chi connectivity index (χ0n) is 9.95. The van der Waals surface area contributed by atoms with Gasteiger partial charge in [-0.1, -0.05) is 17.7 Å². The van der Waals surface area contributed by atoms with E-state index in [0.717, 1.165) is 22.3 Å². The minimum Gasteiger partial charge on any atom is -0.487 e. The maximum Gasteiger partial charge on any atom is 0.151 e. The van der Waals surface area contributed by atoms with Crippen LogP contribution >= 0.6 is 11.6 Å². The van der Waals surface area contributed by atoms with Crippen molar-refractivity contribution < 1.29 is 4.74 Å². The van der Waals surface area contributed by atoms with Crippen LogP contribution in [-0.4, -0.2) is 15.2 Å². The highest BCUT2D eigenvalue weighted by Crippen LogP contribution is 2.24. The van der Waals surface area contributed by atoms with Gasteiger partial charge in [0.2, 0.25) is 0 Å². The number of hydrogen-bond acceptors (Lipinski definition) is 4. The summed E-state index contributed by atoms with van der Waals surface area (Å²) in [6.07, 6.45) is 1.76. The van der Waals surface area contributed by atoms with Gasteiger partial charge in [0, 0.05) is 11.6 Å². The summed E-state index contributed by atoms with van der Waals surface area (Å²) in [5.41, 5.74) is 1.63. The van der Waals surface area contributed by atoms with Crippen molar-refractivity contribution in [1.82, 2.24) is 15.2 Å². The van der Waals surface area contributed by atoms with E-state index < -0.39 is 0 Å². The Morgan fingerprint density at radius 3 is 2.79 bits per heavy atom. The zero-order chi connectivity index (χ0) is 13.1. The molecule has 0 radical (unpaired) electrons.